The van der Waals surface area contributed by atoms with Crippen LogP contribution in [0.1, 0.15) is 25.8 Å². The number of nitrogens with one attached hydrogen (secondary N) is 2. The average molecular weight is 437 g/mol. The maximum Gasteiger partial charge on any atom is 0.261 e. The lowest BCUT2D eigenvalue weighted by Crippen LogP contribution is -2.29. The van der Waals surface area contributed by atoms with Crippen LogP contribution >= 0.6 is 11.8 Å². The zero-order valence-electron chi connectivity index (χ0n) is 15.9. The van der Waals surface area contributed by atoms with Gasteiger partial charge in [0.25, 0.3) is 10.0 Å². The first-order chi connectivity index (χ1) is 13.6. The molecule has 0 aromatic heterocycles. The summed E-state index contributed by atoms with van der Waals surface area (Å²) in [5, 5.41) is 3.00. The van der Waals surface area contributed by atoms with Gasteiger partial charge in [0.1, 0.15) is 5.82 Å². The summed E-state index contributed by atoms with van der Waals surface area (Å²) in [7, 11) is -4.03. The molecule has 0 radical (unpaired) electrons. The van der Waals surface area contributed by atoms with E-state index >= 15 is 0 Å². The number of amidine groups is 1. The molecular formula is C19H21FN4O3S2. The molecule has 0 saturated heterocycles. The molecule has 4 N–H and O–H groups in total. The van der Waals surface area contributed by atoms with Gasteiger partial charge in [0.2, 0.25) is 5.91 Å². The van der Waals surface area contributed by atoms with Gasteiger partial charge in [-0.05, 0) is 55.3 Å². The van der Waals surface area contributed by atoms with E-state index in [0.29, 0.717) is 22.8 Å². The molecule has 0 fully saturated rings. The lowest BCUT2D eigenvalue weighted by atomic mass is 9.89. The van der Waals surface area contributed by atoms with Crippen molar-refractivity contribution in [2.75, 3.05) is 15.8 Å². The van der Waals surface area contributed by atoms with Crippen molar-refractivity contribution in [3.63, 3.8) is 0 Å². The number of hydrogen-bond donors (Lipinski definition) is 3. The maximum absolute atomic E-state index is 14.4. The van der Waals surface area contributed by atoms with Crippen LogP contribution in [0.3, 0.4) is 0 Å². The van der Waals surface area contributed by atoms with Crippen molar-refractivity contribution in [1.29, 1.82) is 0 Å². The van der Waals surface area contributed by atoms with Gasteiger partial charge in [-0.25, -0.2) is 12.8 Å². The number of halogens is 1. The van der Waals surface area contributed by atoms with E-state index in [1.54, 1.807) is 6.07 Å². The number of benzene rings is 2. The molecule has 0 spiro atoms. The van der Waals surface area contributed by atoms with Crippen molar-refractivity contribution in [2.45, 2.75) is 30.7 Å². The van der Waals surface area contributed by atoms with Crippen LogP contribution in [0, 0.1) is 5.82 Å². The Labute approximate surface area is 173 Å². The zero-order valence-corrected chi connectivity index (χ0v) is 17.5. The number of anilines is 2. The van der Waals surface area contributed by atoms with Crippen LogP contribution in [0.5, 0.6) is 0 Å². The fourth-order valence-corrected chi connectivity index (χ4v) is 4.99. The topological polar surface area (TPSA) is 114 Å². The summed E-state index contributed by atoms with van der Waals surface area (Å²) >= 11 is 1.45. The van der Waals surface area contributed by atoms with Gasteiger partial charge < -0.3 is 11.1 Å². The zero-order chi connectivity index (χ0) is 21.2. The molecule has 2 aromatic rings. The van der Waals surface area contributed by atoms with Crippen molar-refractivity contribution in [1.82, 2.24) is 0 Å². The number of carbonyl (C=O) groups is 1. The van der Waals surface area contributed by atoms with Crippen molar-refractivity contribution >= 4 is 44.2 Å². The molecule has 1 unspecified atom stereocenters. The Morgan fingerprint density at radius 3 is 2.55 bits per heavy atom. The average Bonchev–Trinajstić information content (AvgIpc) is 2.63. The molecule has 3 rings (SSSR count). The number of rotatable bonds is 5. The van der Waals surface area contributed by atoms with Crippen LogP contribution < -0.4 is 15.8 Å². The summed E-state index contributed by atoms with van der Waals surface area (Å²) in [6.45, 7) is 3.23. The predicted molar refractivity (Wildman–Crippen MR) is 114 cm³/mol. The summed E-state index contributed by atoms with van der Waals surface area (Å²) < 4.78 is 42.0. The standard InChI is InChI=1S/C19H21FN4O3S2/c1-12(25)22-14-4-6-15(7-5-14)29(26,27)24-17-11-13(3-8-16(17)20)19(2)9-10-28-18(21)23-19/h3-8,11,24H,9-10H2,1-2H3,(H2,21,23)(H,22,25). The fourth-order valence-electron chi connectivity index (χ4n) is 2.96. The summed E-state index contributed by atoms with van der Waals surface area (Å²) in [6, 6.07) is 9.83. The van der Waals surface area contributed by atoms with E-state index in [1.165, 1.54) is 55.1 Å². The van der Waals surface area contributed by atoms with Gasteiger partial charge in [0.15, 0.2) is 5.17 Å². The minimum atomic E-state index is -4.03. The van der Waals surface area contributed by atoms with E-state index in [4.69, 9.17) is 5.73 Å². The van der Waals surface area contributed by atoms with Crippen LogP contribution in [-0.4, -0.2) is 25.2 Å². The molecule has 1 atom stereocenters. The van der Waals surface area contributed by atoms with Gasteiger partial charge in [-0.3, -0.25) is 14.5 Å². The van der Waals surface area contributed by atoms with E-state index in [9.17, 15) is 17.6 Å². The summed E-state index contributed by atoms with van der Waals surface area (Å²) in [5.74, 6) is -0.196. The minimum Gasteiger partial charge on any atom is -0.379 e. The van der Waals surface area contributed by atoms with Crippen molar-refractivity contribution < 1.29 is 17.6 Å². The molecule has 0 aliphatic carbocycles. The van der Waals surface area contributed by atoms with Crippen LogP contribution in [0.4, 0.5) is 15.8 Å². The molecule has 10 heteroatoms. The van der Waals surface area contributed by atoms with E-state index in [0.717, 1.165) is 5.75 Å². The number of carbonyl (C=O) groups excluding carboxylic acids is 1. The molecule has 1 amide bonds. The Morgan fingerprint density at radius 1 is 1.24 bits per heavy atom. The predicted octanol–water partition coefficient (Wildman–Crippen LogP) is 3.25. The second-order valence-electron chi connectivity index (χ2n) is 6.83. The highest BCUT2D eigenvalue weighted by Gasteiger charge is 2.30. The van der Waals surface area contributed by atoms with Crippen LogP contribution in [0.25, 0.3) is 0 Å². The van der Waals surface area contributed by atoms with Gasteiger partial charge in [0, 0.05) is 18.4 Å². The normalized spacial score (nSPS) is 19.3. The Balaban J connectivity index is 1.89. The molecule has 1 aliphatic rings. The molecule has 1 heterocycles. The van der Waals surface area contributed by atoms with Gasteiger partial charge in [0.05, 0.1) is 16.1 Å². The number of thioether (sulfide) groups is 1. The number of hydrogen-bond acceptors (Lipinski definition) is 6. The molecule has 7 nitrogen and oxygen atoms in total. The number of aliphatic imine (C=N–C) groups is 1. The first kappa shape index (κ1) is 21.1. The second kappa shape index (κ2) is 8.03. The van der Waals surface area contributed by atoms with E-state index in [1.807, 2.05) is 6.92 Å². The number of amides is 1. The number of nitrogens with zero attached hydrogens (tertiary/aromatic N) is 1. The third kappa shape index (κ3) is 4.88. The van der Waals surface area contributed by atoms with Gasteiger partial charge in [-0.2, -0.15) is 0 Å². The van der Waals surface area contributed by atoms with Gasteiger partial charge >= 0.3 is 0 Å². The monoisotopic (exact) mass is 436 g/mol. The minimum absolute atomic E-state index is 0.0565. The van der Waals surface area contributed by atoms with E-state index in [-0.39, 0.29) is 16.5 Å². The number of nitrogens with two attached hydrogens (primary N) is 1. The molecule has 29 heavy (non-hydrogen) atoms. The Kier molecular flexibility index (Phi) is 5.85. The molecule has 0 saturated carbocycles. The first-order valence-electron chi connectivity index (χ1n) is 8.78. The van der Waals surface area contributed by atoms with E-state index in [2.05, 4.69) is 15.0 Å². The quantitative estimate of drug-likeness (QED) is 0.666. The molecule has 154 valence electrons. The molecular weight excluding hydrogens is 415 g/mol. The second-order valence-corrected chi connectivity index (χ2v) is 9.63. The van der Waals surface area contributed by atoms with Gasteiger partial charge in [-0.15, -0.1) is 0 Å². The van der Waals surface area contributed by atoms with Crippen molar-refractivity contribution in [3.8, 4) is 0 Å². The van der Waals surface area contributed by atoms with Crippen LogP contribution in [-0.2, 0) is 20.4 Å². The maximum atomic E-state index is 14.4. The third-order valence-electron chi connectivity index (χ3n) is 4.51. The van der Waals surface area contributed by atoms with Crippen LogP contribution in [0.15, 0.2) is 52.4 Å². The Bertz CT molecular complexity index is 1070. The smallest absolute Gasteiger partial charge is 0.261 e. The molecule has 1 aliphatic heterocycles. The SMILES string of the molecule is CC(=O)Nc1ccc(S(=O)(=O)Nc2cc(C3(C)CCSC(N)=N3)ccc2F)cc1. The van der Waals surface area contributed by atoms with Crippen molar-refractivity contribution in [3.05, 3.63) is 53.8 Å². The highest BCUT2D eigenvalue weighted by molar-refractivity contribution is 8.13. The van der Waals surface area contributed by atoms with E-state index < -0.39 is 21.4 Å². The highest BCUT2D eigenvalue weighted by atomic mass is 32.2. The lowest BCUT2D eigenvalue weighted by Gasteiger charge is -2.30. The fraction of sp³-hybridized carbons (Fsp3) is 0.263. The highest BCUT2D eigenvalue weighted by Crippen LogP contribution is 2.36. The third-order valence-corrected chi connectivity index (χ3v) is 6.69. The van der Waals surface area contributed by atoms with Crippen LogP contribution in [0.2, 0.25) is 0 Å². The summed E-state index contributed by atoms with van der Waals surface area (Å²) in [5.41, 5.74) is 6.15. The summed E-state index contributed by atoms with van der Waals surface area (Å²) in [4.78, 5) is 15.5. The first-order valence-corrected chi connectivity index (χ1v) is 11.2. The number of sulfonamides is 1. The largest absolute Gasteiger partial charge is 0.379 e. The lowest BCUT2D eigenvalue weighted by molar-refractivity contribution is -0.114. The van der Waals surface area contributed by atoms with Crippen molar-refractivity contribution in [2.24, 2.45) is 10.7 Å². The summed E-state index contributed by atoms with van der Waals surface area (Å²) in [6.07, 6.45) is 0.695. The Hall–Kier alpha value is -2.59. The Morgan fingerprint density at radius 2 is 1.93 bits per heavy atom. The van der Waals surface area contributed by atoms with Gasteiger partial charge in [-0.1, -0.05) is 17.8 Å². The molecule has 2 aromatic carbocycles. The molecule has 0 bridgehead atoms.